The fourth-order valence-corrected chi connectivity index (χ4v) is 2.81. The van der Waals surface area contributed by atoms with E-state index in [2.05, 4.69) is 21.7 Å². The molecule has 3 rings (SSSR count). The third-order valence-corrected chi connectivity index (χ3v) is 4.56. The maximum Gasteiger partial charge on any atom is 0.434 e. The number of benzene rings is 2. The molecular weight excluding hydrogens is 406 g/mol. The Balaban J connectivity index is 2.01. The van der Waals surface area contributed by atoms with E-state index in [9.17, 15) is 10.0 Å². The second-order valence-corrected chi connectivity index (χ2v) is 6.73. The van der Waals surface area contributed by atoms with E-state index in [0.29, 0.717) is 15.8 Å². The first kappa shape index (κ1) is 21.2. The van der Waals surface area contributed by atoms with Crippen LogP contribution >= 0.6 is 11.6 Å². The number of halogens is 1. The first-order valence-electron chi connectivity index (χ1n) is 9.01. The van der Waals surface area contributed by atoms with Crippen molar-refractivity contribution in [3.8, 4) is 34.5 Å². The van der Waals surface area contributed by atoms with Gasteiger partial charge in [-0.25, -0.2) is 9.48 Å². The minimum atomic E-state index is -0.887. The largest absolute Gasteiger partial charge is 0.497 e. The van der Waals surface area contributed by atoms with Crippen LogP contribution in [0.2, 0.25) is 5.02 Å². The summed E-state index contributed by atoms with van der Waals surface area (Å²) in [6.07, 6.45) is -0.887. The maximum absolute atomic E-state index is 11.4. The number of ether oxygens (including phenoxy) is 2. The van der Waals surface area contributed by atoms with Gasteiger partial charge < -0.3 is 9.47 Å². The Morgan fingerprint density at radius 1 is 1.17 bits per heavy atom. The summed E-state index contributed by atoms with van der Waals surface area (Å²) in [5.41, 5.74) is 3.01. The van der Waals surface area contributed by atoms with E-state index in [-0.39, 0.29) is 0 Å². The van der Waals surface area contributed by atoms with Gasteiger partial charge in [-0.15, -0.1) is 0 Å². The number of aromatic nitrogens is 2. The van der Waals surface area contributed by atoms with Gasteiger partial charge in [0.2, 0.25) is 0 Å². The molecular formula is C22H20ClN3O4. The van der Waals surface area contributed by atoms with Gasteiger partial charge in [0, 0.05) is 16.7 Å². The molecule has 0 aliphatic rings. The lowest BCUT2D eigenvalue weighted by molar-refractivity contribution is -0.0819. The highest BCUT2D eigenvalue weighted by atomic mass is 35.5. The quantitative estimate of drug-likeness (QED) is 0.381. The Bertz CT molecular complexity index is 1080. The third kappa shape index (κ3) is 4.74. The van der Waals surface area contributed by atoms with Crippen molar-refractivity contribution in [2.24, 2.45) is 0 Å². The molecule has 0 saturated heterocycles. The van der Waals surface area contributed by atoms with Gasteiger partial charge >= 0.3 is 6.09 Å². The molecule has 1 unspecified atom stereocenters. The molecule has 0 saturated carbocycles. The first-order chi connectivity index (χ1) is 14.4. The van der Waals surface area contributed by atoms with Gasteiger partial charge in [-0.3, -0.25) is 5.21 Å². The van der Waals surface area contributed by atoms with Crippen molar-refractivity contribution in [3.05, 3.63) is 65.3 Å². The summed E-state index contributed by atoms with van der Waals surface area (Å²) in [7, 11) is 2.79. The number of hydroxylamine groups is 2. The summed E-state index contributed by atoms with van der Waals surface area (Å²) < 4.78 is 11.5. The molecule has 154 valence electrons. The van der Waals surface area contributed by atoms with E-state index in [4.69, 9.17) is 16.3 Å². The molecule has 8 heteroatoms. The van der Waals surface area contributed by atoms with Crippen LogP contribution in [0.5, 0.6) is 5.75 Å². The third-order valence-electron chi connectivity index (χ3n) is 4.30. The minimum Gasteiger partial charge on any atom is -0.497 e. The van der Waals surface area contributed by atoms with E-state index in [1.54, 1.807) is 30.8 Å². The van der Waals surface area contributed by atoms with Crippen LogP contribution in [0.4, 0.5) is 4.79 Å². The zero-order valence-corrected chi connectivity index (χ0v) is 17.4. The monoisotopic (exact) mass is 425 g/mol. The van der Waals surface area contributed by atoms with Gasteiger partial charge in [0.25, 0.3) is 0 Å². The molecule has 1 aromatic heterocycles. The summed E-state index contributed by atoms with van der Waals surface area (Å²) in [5, 5.41) is 15.4. The molecule has 0 radical (unpaired) electrons. The molecule has 2 aromatic carbocycles. The summed E-state index contributed by atoms with van der Waals surface area (Å²) in [5.74, 6) is 6.42. The molecule has 1 atom stereocenters. The lowest BCUT2D eigenvalue weighted by atomic mass is 10.1. The second kappa shape index (κ2) is 9.35. The van der Waals surface area contributed by atoms with Crippen LogP contribution in [0.3, 0.4) is 0 Å². The van der Waals surface area contributed by atoms with Crippen molar-refractivity contribution in [1.82, 2.24) is 14.8 Å². The fraction of sp³-hybridized carbons (Fsp3) is 0.182. The average molecular weight is 426 g/mol. The van der Waals surface area contributed by atoms with Crippen molar-refractivity contribution in [2.75, 3.05) is 14.2 Å². The number of nitrogens with zero attached hydrogens (tertiary/aromatic N) is 3. The van der Waals surface area contributed by atoms with Crippen LogP contribution in [0.15, 0.2) is 54.6 Å². The average Bonchev–Trinajstić information content (AvgIpc) is 3.21. The first-order valence-corrected chi connectivity index (χ1v) is 9.38. The Morgan fingerprint density at radius 2 is 1.83 bits per heavy atom. The molecule has 7 nitrogen and oxygen atoms in total. The summed E-state index contributed by atoms with van der Waals surface area (Å²) in [6, 6.07) is 15.9. The number of hydrogen-bond donors (Lipinski definition) is 1. The Hall–Kier alpha value is -3.47. The van der Waals surface area contributed by atoms with Crippen LogP contribution in [-0.4, -0.2) is 46.4 Å². The molecule has 1 N–H and O–H groups in total. The molecule has 0 aliphatic carbocycles. The number of rotatable bonds is 4. The molecule has 30 heavy (non-hydrogen) atoms. The second-order valence-electron chi connectivity index (χ2n) is 6.29. The smallest absolute Gasteiger partial charge is 0.434 e. The molecule has 0 bridgehead atoms. The Morgan fingerprint density at radius 3 is 2.43 bits per heavy atom. The van der Waals surface area contributed by atoms with Crippen molar-refractivity contribution >= 4 is 17.7 Å². The highest BCUT2D eigenvalue weighted by molar-refractivity contribution is 6.30. The minimum absolute atomic E-state index is 0.424. The van der Waals surface area contributed by atoms with Crippen LogP contribution < -0.4 is 4.74 Å². The Kier molecular flexibility index (Phi) is 6.62. The number of carbonyl (C=O) groups is 1. The van der Waals surface area contributed by atoms with Gasteiger partial charge in [0.1, 0.15) is 17.5 Å². The summed E-state index contributed by atoms with van der Waals surface area (Å²) in [4.78, 5) is 11.4. The molecule has 1 heterocycles. The van der Waals surface area contributed by atoms with E-state index >= 15 is 0 Å². The maximum atomic E-state index is 11.4. The zero-order valence-electron chi connectivity index (χ0n) is 16.7. The standard InChI is InChI=1S/C22H20ClN3O4/c1-15(26(28)22(27)30-3)4-9-18-14-21(16-5-7-17(23)8-6-16)25(24-18)19-10-12-20(29-2)13-11-19/h5-8,10-15,28H,1-3H3. The zero-order chi connectivity index (χ0) is 21.7. The lowest BCUT2D eigenvalue weighted by Gasteiger charge is -2.15. The molecule has 0 fully saturated rings. The van der Waals surface area contributed by atoms with E-state index in [1.807, 2.05) is 42.5 Å². The number of carbonyl (C=O) groups excluding carboxylic acids is 1. The lowest BCUT2D eigenvalue weighted by Crippen LogP contribution is -2.34. The van der Waals surface area contributed by atoms with Crippen LogP contribution in [0, 0.1) is 11.8 Å². The van der Waals surface area contributed by atoms with Crippen LogP contribution in [0.25, 0.3) is 16.9 Å². The number of hydrogen-bond acceptors (Lipinski definition) is 5. The van der Waals surface area contributed by atoms with Crippen molar-refractivity contribution < 1.29 is 19.5 Å². The Labute approximate surface area is 179 Å². The van der Waals surface area contributed by atoms with E-state index in [0.717, 1.165) is 22.7 Å². The van der Waals surface area contributed by atoms with Crippen molar-refractivity contribution in [2.45, 2.75) is 13.0 Å². The van der Waals surface area contributed by atoms with Crippen molar-refractivity contribution in [1.29, 1.82) is 0 Å². The highest BCUT2D eigenvalue weighted by Crippen LogP contribution is 2.26. The van der Waals surface area contributed by atoms with Crippen molar-refractivity contribution in [3.63, 3.8) is 0 Å². The highest BCUT2D eigenvalue weighted by Gasteiger charge is 2.17. The van der Waals surface area contributed by atoms with Gasteiger partial charge in [0.05, 0.1) is 25.6 Å². The van der Waals surface area contributed by atoms with Gasteiger partial charge in [-0.05, 0) is 49.2 Å². The van der Waals surface area contributed by atoms with Crippen LogP contribution in [0.1, 0.15) is 12.6 Å². The van der Waals surface area contributed by atoms with E-state index < -0.39 is 12.1 Å². The van der Waals surface area contributed by atoms with Gasteiger partial charge in [0.15, 0.2) is 0 Å². The van der Waals surface area contributed by atoms with E-state index in [1.165, 1.54) is 7.11 Å². The fourth-order valence-electron chi connectivity index (χ4n) is 2.68. The normalized spacial score (nSPS) is 11.2. The molecule has 0 aliphatic heterocycles. The predicted octanol–water partition coefficient (Wildman–Crippen LogP) is 4.40. The molecule has 3 aromatic rings. The van der Waals surface area contributed by atoms with Gasteiger partial charge in [-0.2, -0.15) is 10.2 Å². The number of methoxy groups -OCH3 is 2. The van der Waals surface area contributed by atoms with Gasteiger partial charge in [-0.1, -0.05) is 29.7 Å². The molecule has 0 spiro atoms. The predicted molar refractivity (Wildman–Crippen MR) is 113 cm³/mol. The molecule has 1 amide bonds. The number of amides is 1. The SMILES string of the molecule is COC(=O)N(O)C(C)C#Cc1cc(-c2ccc(Cl)cc2)n(-c2ccc(OC)cc2)n1. The summed E-state index contributed by atoms with van der Waals surface area (Å²) in [6.45, 7) is 1.57. The topological polar surface area (TPSA) is 76.8 Å². The van der Waals surface area contributed by atoms with Crippen LogP contribution in [-0.2, 0) is 4.74 Å². The summed E-state index contributed by atoms with van der Waals surface area (Å²) >= 11 is 6.02.